The lowest BCUT2D eigenvalue weighted by Crippen LogP contribution is -2.44. The predicted molar refractivity (Wildman–Crippen MR) is 80.6 cm³/mol. The van der Waals surface area contributed by atoms with E-state index in [0.29, 0.717) is 12.6 Å². The van der Waals surface area contributed by atoms with Crippen molar-refractivity contribution in [2.75, 3.05) is 0 Å². The summed E-state index contributed by atoms with van der Waals surface area (Å²) in [5.74, 6) is 0.101. The number of carbonyl (C=O) groups is 1. The van der Waals surface area contributed by atoms with E-state index >= 15 is 0 Å². The first-order valence-corrected chi connectivity index (χ1v) is 7.71. The molecule has 1 unspecified atom stereocenters. The largest absolute Gasteiger partial charge is 0.334 e. The van der Waals surface area contributed by atoms with Gasteiger partial charge in [0.05, 0.1) is 6.04 Å². The number of halogens is 1. The molecule has 2 rings (SSSR count). The molecule has 104 valence electrons. The van der Waals surface area contributed by atoms with Crippen LogP contribution in [-0.4, -0.2) is 22.9 Å². The van der Waals surface area contributed by atoms with Crippen LogP contribution in [0.3, 0.4) is 0 Å². The van der Waals surface area contributed by atoms with Crippen molar-refractivity contribution >= 4 is 21.8 Å². The van der Waals surface area contributed by atoms with Gasteiger partial charge in [-0.1, -0.05) is 41.4 Å². The summed E-state index contributed by atoms with van der Waals surface area (Å²) < 4.78 is 1.05. The van der Waals surface area contributed by atoms with Gasteiger partial charge in [-0.15, -0.1) is 0 Å². The van der Waals surface area contributed by atoms with Crippen molar-refractivity contribution in [2.45, 2.75) is 51.2 Å². The van der Waals surface area contributed by atoms with Crippen LogP contribution in [0.25, 0.3) is 0 Å². The Morgan fingerprint density at radius 2 is 2.26 bits per heavy atom. The quantitative estimate of drug-likeness (QED) is 0.874. The topological polar surface area (TPSA) is 46.3 Å². The van der Waals surface area contributed by atoms with Gasteiger partial charge in [0.25, 0.3) is 0 Å². The molecule has 0 aromatic heterocycles. The number of carbonyl (C=O) groups excluding carboxylic acids is 1. The maximum absolute atomic E-state index is 12.4. The average Bonchev–Trinajstić information content (AvgIpc) is 3.20. The molecule has 1 fully saturated rings. The second-order valence-electron chi connectivity index (χ2n) is 5.22. The van der Waals surface area contributed by atoms with Gasteiger partial charge in [0.2, 0.25) is 5.91 Å². The van der Waals surface area contributed by atoms with Gasteiger partial charge >= 0.3 is 0 Å². The molecule has 1 aliphatic rings. The fraction of sp³-hybridized carbons (Fsp3) is 0.533. The lowest BCUT2D eigenvalue weighted by atomic mass is 10.1. The van der Waals surface area contributed by atoms with Crippen molar-refractivity contribution < 1.29 is 4.79 Å². The molecule has 1 atom stereocenters. The molecular formula is C15H21BrN2O. The van der Waals surface area contributed by atoms with Crippen molar-refractivity contribution in [2.24, 2.45) is 5.73 Å². The second kappa shape index (κ2) is 6.53. The lowest BCUT2D eigenvalue weighted by molar-refractivity contribution is -0.134. The van der Waals surface area contributed by atoms with Gasteiger partial charge in [-0.25, -0.2) is 0 Å². The number of hydrogen-bond donors (Lipinski definition) is 1. The Kier molecular flexibility index (Phi) is 4.99. The maximum atomic E-state index is 12.4. The highest BCUT2D eigenvalue weighted by Crippen LogP contribution is 2.29. The standard InChI is InChI=1S/C15H21BrN2O/c1-2-4-14(17)15(19)18(13-7-8-13)10-11-5-3-6-12(16)9-11/h3,5-6,9,13-14H,2,4,7-8,10,17H2,1H3. The molecule has 1 saturated carbocycles. The molecule has 0 heterocycles. The van der Waals surface area contributed by atoms with E-state index in [9.17, 15) is 4.79 Å². The fourth-order valence-corrected chi connectivity index (χ4v) is 2.70. The first kappa shape index (κ1) is 14.5. The van der Waals surface area contributed by atoms with Crippen molar-refractivity contribution in [1.29, 1.82) is 0 Å². The van der Waals surface area contributed by atoms with Crippen LogP contribution in [-0.2, 0) is 11.3 Å². The number of nitrogens with two attached hydrogens (primary N) is 1. The van der Waals surface area contributed by atoms with Crippen LogP contribution in [0, 0.1) is 0 Å². The Bertz CT molecular complexity index is 446. The summed E-state index contributed by atoms with van der Waals surface area (Å²) in [6, 6.07) is 8.16. The van der Waals surface area contributed by atoms with Crippen molar-refractivity contribution in [3.8, 4) is 0 Å². The highest BCUT2D eigenvalue weighted by molar-refractivity contribution is 9.10. The Labute approximate surface area is 123 Å². The van der Waals surface area contributed by atoms with Crippen LogP contribution < -0.4 is 5.73 Å². The van der Waals surface area contributed by atoms with Crippen LogP contribution in [0.4, 0.5) is 0 Å². The van der Waals surface area contributed by atoms with Crippen molar-refractivity contribution in [1.82, 2.24) is 4.90 Å². The summed E-state index contributed by atoms with van der Waals surface area (Å²) in [4.78, 5) is 14.4. The SMILES string of the molecule is CCCC(N)C(=O)N(Cc1cccc(Br)c1)C1CC1. The summed E-state index contributed by atoms with van der Waals surface area (Å²) in [6.07, 6.45) is 3.93. The summed E-state index contributed by atoms with van der Waals surface area (Å²) in [5.41, 5.74) is 7.13. The third kappa shape index (κ3) is 4.05. The summed E-state index contributed by atoms with van der Waals surface area (Å²) >= 11 is 3.47. The number of benzene rings is 1. The summed E-state index contributed by atoms with van der Waals surface area (Å²) in [6.45, 7) is 2.73. The Hall–Kier alpha value is -0.870. The number of amides is 1. The molecule has 1 amide bonds. The molecule has 1 aromatic rings. The maximum Gasteiger partial charge on any atom is 0.240 e. The molecule has 0 aliphatic heterocycles. The first-order valence-electron chi connectivity index (χ1n) is 6.92. The molecule has 0 radical (unpaired) electrons. The summed E-state index contributed by atoms with van der Waals surface area (Å²) in [5, 5.41) is 0. The molecular weight excluding hydrogens is 304 g/mol. The monoisotopic (exact) mass is 324 g/mol. The third-order valence-corrected chi connectivity index (χ3v) is 3.92. The van der Waals surface area contributed by atoms with Crippen LogP contribution in [0.1, 0.15) is 38.2 Å². The van der Waals surface area contributed by atoms with Gasteiger partial charge in [-0.2, -0.15) is 0 Å². The second-order valence-corrected chi connectivity index (χ2v) is 6.14. The van der Waals surface area contributed by atoms with E-state index in [1.165, 1.54) is 0 Å². The van der Waals surface area contributed by atoms with Crippen LogP contribution in [0.5, 0.6) is 0 Å². The van der Waals surface area contributed by atoms with Crippen molar-refractivity contribution in [3.05, 3.63) is 34.3 Å². The fourth-order valence-electron chi connectivity index (χ4n) is 2.25. The van der Waals surface area contributed by atoms with Crippen LogP contribution in [0.2, 0.25) is 0 Å². The predicted octanol–water partition coefficient (Wildman–Crippen LogP) is 3.07. The van der Waals surface area contributed by atoms with Crippen LogP contribution in [0.15, 0.2) is 28.7 Å². The normalized spacial score (nSPS) is 16.2. The lowest BCUT2D eigenvalue weighted by Gasteiger charge is -2.25. The Balaban J connectivity index is 2.06. The minimum Gasteiger partial charge on any atom is -0.334 e. The van der Waals surface area contributed by atoms with E-state index in [1.54, 1.807) is 0 Å². The third-order valence-electron chi connectivity index (χ3n) is 3.43. The minimum absolute atomic E-state index is 0.101. The van der Waals surface area contributed by atoms with Crippen molar-refractivity contribution in [3.63, 3.8) is 0 Å². The van der Waals surface area contributed by atoms with E-state index in [4.69, 9.17) is 5.73 Å². The Morgan fingerprint density at radius 3 is 2.84 bits per heavy atom. The average molecular weight is 325 g/mol. The van der Waals surface area contributed by atoms with Gasteiger partial charge in [-0.3, -0.25) is 4.79 Å². The van der Waals surface area contributed by atoms with Gasteiger partial charge in [0.1, 0.15) is 0 Å². The first-order chi connectivity index (χ1) is 9.11. The molecule has 1 aliphatic carbocycles. The molecule has 4 heteroatoms. The van der Waals surface area contributed by atoms with E-state index in [1.807, 2.05) is 17.0 Å². The highest BCUT2D eigenvalue weighted by Gasteiger charge is 2.34. The Morgan fingerprint density at radius 1 is 1.53 bits per heavy atom. The molecule has 19 heavy (non-hydrogen) atoms. The van der Waals surface area contributed by atoms with E-state index in [0.717, 1.165) is 35.7 Å². The number of nitrogens with zero attached hydrogens (tertiary/aromatic N) is 1. The number of rotatable bonds is 6. The molecule has 3 nitrogen and oxygen atoms in total. The minimum atomic E-state index is -0.349. The zero-order valence-electron chi connectivity index (χ0n) is 11.3. The molecule has 0 saturated heterocycles. The zero-order chi connectivity index (χ0) is 13.8. The van der Waals surface area contributed by atoms with Gasteiger partial charge in [0.15, 0.2) is 0 Å². The van der Waals surface area contributed by atoms with E-state index in [2.05, 4.69) is 35.0 Å². The summed E-state index contributed by atoms with van der Waals surface area (Å²) in [7, 11) is 0. The van der Waals surface area contributed by atoms with Gasteiger partial charge in [0, 0.05) is 17.1 Å². The van der Waals surface area contributed by atoms with Crippen LogP contribution >= 0.6 is 15.9 Å². The molecule has 1 aromatic carbocycles. The molecule has 2 N–H and O–H groups in total. The number of hydrogen-bond acceptors (Lipinski definition) is 2. The molecule has 0 bridgehead atoms. The molecule has 0 spiro atoms. The van der Waals surface area contributed by atoms with E-state index < -0.39 is 0 Å². The van der Waals surface area contributed by atoms with Gasteiger partial charge < -0.3 is 10.6 Å². The van der Waals surface area contributed by atoms with E-state index in [-0.39, 0.29) is 11.9 Å². The van der Waals surface area contributed by atoms with Gasteiger partial charge in [-0.05, 0) is 37.0 Å². The highest BCUT2D eigenvalue weighted by atomic mass is 79.9. The zero-order valence-corrected chi connectivity index (χ0v) is 12.9. The smallest absolute Gasteiger partial charge is 0.240 e.